The average molecular weight is 450 g/mol. The minimum Gasteiger partial charge on any atom is -0.345 e. The van der Waals surface area contributed by atoms with Crippen molar-refractivity contribution in [3.05, 3.63) is 71.3 Å². The van der Waals surface area contributed by atoms with Crippen LogP contribution in [-0.4, -0.2) is 66.2 Å². The number of aryl methyl sites for hydroxylation is 1. The van der Waals surface area contributed by atoms with E-state index in [0.29, 0.717) is 51.0 Å². The second-order valence-corrected chi connectivity index (χ2v) is 8.89. The van der Waals surface area contributed by atoms with Gasteiger partial charge in [-0.1, -0.05) is 42.5 Å². The van der Waals surface area contributed by atoms with Crippen molar-refractivity contribution in [1.82, 2.24) is 14.7 Å². The molecule has 33 heavy (non-hydrogen) atoms. The Kier molecular flexibility index (Phi) is 8.64. The predicted molar refractivity (Wildman–Crippen MR) is 130 cm³/mol. The van der Waals surface area contributed by atoms with Crippen LogP contribution < -0.4 is 0 Å². The van der Waals surface area contributed by atoms with Crippen LogP contribution in [0.3, 0.4) is 0 Å². The molecule has 0 aliphatic carbocycles. The molecule has 0 bridgehead atoms. The summed E-state index contributed by atoms with van der Waals surface area (Å²) in [5.41, 5.74) is 2.82. The van der Waals surface area contributed by atoms with Gasteiger partial charge in [0.05, 0.1) is 0 Å². The van der Waals surface area contributed by atoms with Gasteiger partial charge in [-0.2, -0.15) is 0 Å². The Balaban J connectivity index is 1.49. The van der Waals surface area contributed by atoms with Crippen molar-refractivity contribution < 1.29 is 14.4 Å². The molecule has 3 rings (SSSR count). The van der Waals surface area contributed by atoms with Gasteiger partial charge in [0.1, 0.15) is 0 Å². The summed E-state index contributed by atoms with van der Waals surface area (Å²) in [6.45, 7) is 4.44. The van der Waals surface area contributed by atoms with E-state index in [9.17, 15) is 14.4 Å². The number of benzene rings is 2. The van der Waals surface area contributed by atoms with E-state index in [1.54, 1.807) is 19.0 Å². The van der Waals surface area contributed by atoms with Crippen LogP contribution in [0.2, 0.25) is 0 Å². The molecule has 2 aromatic rings. The molecule has 6 nitrogen and oxygen atoms in total. The number of amides is 3. The van der Waals surface area contributed by atoms with Gasteiger partial charge in [0, 0.05) is 58.2 Å². The van der Waals surface area contributed by atoms with Crippen LogP contribution in [0.4, 0.5) is 0 Å². The molecule has 0 unspecified atom stereocenters. The number of carbonyl (C=O) groups excluding carboxylic acids is 3. The Morgan fingerprint density at radius 3 is 2.12 bits per heavy atom. The quantitative estimate of drug-likeness (QED) is 0.619. The second kappa shape index (κ2) is 11.6. The van der Waals surface area contributed by atoms with Gasteiger partial charge >= 0.3 is 0 Å². The maximum atomic E-state index is 13.1. The molecule has 1 fully saturated rings. The Hall–Kier alpha value is -3.15. The van der Waals surface area contributed by atoms with E-state index in [1.807, 2.05) is 71.3 Å². The number of nitrogens with zero attached hydrogens (tertiary/aromatic N) is 3. The summed E-state index contributed by atoms with van der Waals surface area (Å²) in [6.07, 6.45) is 2.68. The lowest BCUT2D eigenvalue weighted by Crippen LogP contribution is -2.44. The van der Waals surface area contributed by atoms with Crippen LogP contribution >= 0.6 is 0 Å². The molecule has 0 saturated carbocycles. The van der Waals surface area contributed by atoms with Gasteiger partial charge in [-0.3, -0.25) is 14.4 Å². The van der Waals surface area contributed by atoms with E-state index >= 15 is 0 Å². The van der Waals surface area contributed by atoms with Gasteiger partial charge in [-0.05, 0) is 49.4 Å². The molecule has 1 heterocycles. The lowest BCUT2D eigenvalue weighted by molar-refractivity contribution is -0.141. The Morgan fingerprint density at radius 1 is 0.909 bits per heavy atom. The highest BCUT2D eigenvalue weighted by atomic mass is 16.2. The van der Waals surface area contributed by atoms with Crippen molar-refractivity contribution in [3.63, 3.8) is 0 Å². The fourth-order valence-corrected chi connectivity index (χ4v) is 4.26. The molecule has 0 spiro atoms. The van der Waals surface area contributed by atoms with E-state index in [1.165, 1.54) is 5.56 Å². The van der Waals surface area contributed by atoms with Crippen molar-refractivity contribution in [2.45, 2.75) is 39.2 Å². The molecule has 1 saturated heterocycles. The number of likely N-dealkylation sites (tertiary alicyclic amines) is 1. The highest BCUT2D eigenvalue weighted by Crippen LogP contribution is 2.22. The van der Waals surface area contributed by atoms with Gasteiger partial charge in [0.15, 0.2) is 0 Å². The third kappa shape index (κ3) is 6.67. The number of piperidine rings is 1. The molecule has 0 N–H and O–H groups in total. The minimum absolute atomic E-state index is 0.0324. The predicted octanol–water partition coefficient (Wildman–Crippen LogP) is 3.61. The van der Waals surface area contributed by atoms with Crippen molar-refractivity contribution in [3.8, 4) is 0 Å². The van der Waals surface area contributed by atoms with Crippen molar-refractivity contribution in [2.24, 2.45) is 5.92 Å². The van der Waals surface area contributed by atoms with Crippen molar-refractivity contribution in [1.29, 1.82) is 0 Å². The van der Waals surface area contributed by atoms with Crippen LogP contribution in [0.15, 0.2) is 54.6 Å². The lowest BCUT2D eigenvalue weighted by atomic mass is 9.94. The Bertz CT molecular complexity index is 933. The van der Waals surface area contributed by atoms with Crippen LogP contribution in [-0.2, 0) is 22.6 Å². The Morgan fingerprint density at radius 2 is 1.55 bits per heavy atom. The molecular formula is C27H35N3O3. The standard InChI is InChI=1S/C27H35N3O3/c1-4-29(20-22-10-13-23(14-11-22)26(32)28(2)3)27(33)24-16-18-30(19-17-24)25(31)15-12-21-8-6-5-7-9-21/h5-11,13-14,24H,4,12,15-20H2,1-3H3. The highest BCUT2D eigenvalue weighted by molar-refractivity contribution is 5.93. The average Bonchev–Trinajstić information content (AvgIpc) is 2.86. The van der Waals surface area contributed by atoms with Crippen LogP contribution in [0.5, 0.6) is 0 Å². The first-order valence-electron chi connectivity index (χ1n) is 11.8. The molecule has 3 amide bonds. The number of hydrogen-bond acceptors (Lipinski definition) is 3. The van der Waals surface area contributed by atoms with E-state index in [-0.39, 0.29) is 23.6 Å². The fraction of sp³-hybridized carbons (Fsp3) is 0.444. The molecule has 0 radical (unpaired) electrons. The summed E-state index contributed by atoms with van der Waals surface area (Å²) < 4.78 is 0. The number of rotatable bonds is 8. The zero-order chi connectivity index (χ0) is 23.8. The molecule has 176 valence electrons. The first-order chi connectivity index (χ1) is 15.9. The van der Waals surface area contributed by atoms with Gasteiger partial charge in [0.2, 0.25) is 11.8 Å². The van der Waals surface area contributed by atoms with E-state index < -0.39 is 0 Å². The van der Waals surface area contributed by atoms with Crippen LogP contribution in [0.25, 0.3) is 0 Å². The number of hydrogen-bond donors (Lipinski definition) is 0. The maximum absolute atomic E-state index is 13.1. The van der Waals surface area contributed by atoms with Gasteiger partial charge in [-0.25, -0.2) is 0 Å². The largest absolute Gasteiger partial charge is 0.345 e. The lowest BCUT2D eigenvalue weighted by Gasteiger charge is -2.34. The van der Waals surface area contributed by atoms with E-state index in [0.717, 1.165) is 12.0 Å². The van der Waals surface area contributed by atoms with E-state index in [2.05, 4.69) is 0 Å². The summed E-state index contributed by atoms with van der Waals surface area (Å²) in [6, 6.07) is 17.5. The molecule has 1 aliphatic heterocycles. The Labute approximate surface area is 197 Å². The first kappa shape index (κ1) is 24.5. The zero-order valence-electron chi connectivity index (χ0n) is 20.0. The number of carbonyl (C=O) groups is 3. The highest BCUT2D eigenvalue weighted by Gasteiger charge is 2.29. The van der Waals surface area contributed by atoms with Gasteiger partial charge in [-0.15, -0.1) is 0 Å². The van der Waals surface area contributed by atoms with Crippen molar-refractivity contribution >= 4 is 17.7 Å². The molecule has 0 atom stereocenters. The van der Waals surface area contributed by atoms with Crippen LogP contribution in [0.1, 0.15) is 47.7 Å². The molecule has 6 heteroatoms. The summed E-state index contributed by atoms with van der Waals surface area (Å²) in [4.78, 5) is 43.2. The zero-order valence-corrected chi connectivity index (χ0v) is 20.0. The second-order valence-electron chi connectivity index (χ2n) is 8.89. The van der Waals surface area contributed by atoms with Crippen LogP contribution in [0, 0.1) is 5.92 Å². The SMILES string of the molecule is CCN(Cc1ccc(C(=O)N(C)C)cc1)C(=O)C1CCN(C(=O)CCc2ccccc2)CC1. The fourth-order valence-electron chi connectivity index (χ4n) is 4.26. The van der Waals surface area contributed by atoms with Gasteiger partial charge in [0.25, 0.3) is 5.91 Å². The topological polar surface area (TPSA) is 60.9 Å². The van der Waals surface area contributed by atoms with E-state index in [4.69, 9.17) is 0 Å². The first-order valence-corrected chi connectivity index (χ1v) is 11.8. The summed E-state index contributed by atoms with van der Waals surface area (Å²) in [5, 5.41) is 0. The summed E-state index contributed by atoms with van der Waals surface area (Å²) >= 11 is 0. The van der Waals surface area contributed by atoms with Crippen molar-refractivity contribution in [2.75, 3.05) is 33.7 Å². The van der Waals surface area contributed by atoms with Gasteiger partial charge < -0.3 is 14.7 Å². The normalized spacial score (nSPS) is 14.1. The summed E-state index contributed by atoms with van der Waals surface area (Å²) in [5.74, 6) is 0.250. The molecule has 0 aromatic heterocycles. The molecule has 1 aliphatic rings. The molecular weight excluding hydrogens is 414 g/mol. The third-order valence-corrected chi connectivity index (χ3v) is 6.34. The minimum atomic E-state index is -0.0438. The third-order valence-electron chi connectivity index (χ3n) is 6.34. The molecule has 2 aromatic carbocycles. The maximum Gasteiger partial charge on any atom is 0.253 e. The smallest absolute Gasteiger partial charge is 0.253 e. The monoisotopic (exact) mass is 449 g/mol. The summed E-state index contributed by atoms with van der Waals surface area (Å²) in [7, 11) is 3.46.